The minimum absolute atomic E-state index is 0.0547. The minimum Gasteiger partial charge on any atom is -0.444 e. The third kappa shape index (κ3) is 8.61. The van der Waals surface area contributed by atoms with Gasteiger partial charge in [-0.3, -0.25) is 9.59 Å². The van der Waals surface area contributed by atoms with Crippen molar-refractivity contribution in [2.45, 2.75) is 52.1 Å². The van der Waals surface area contributed by atoms with Gasteiger partial charge in [0.25, 0.3) is 0 Å². The Labute approximate surface area is 183 Å². The molecule has 2 N–H and O–H groups in total. The number of hydrogen-bond acceptors (Lipinski definition) is 4. The fourth-order valence-electron chi connectivity index (χ4n) is 3.33. The number of benzene rings is 1. The van der Waals surface area contributed by atoms with Crippen molar-refractivity contribution in [3.63, 3.8) is 0 Å². The van der Waals surface area contributed by atoms with Crippen molar-refractivity contribution >= 4 is 29.5 Å². The smallest absolute Gasteiger partial charge is 0.407 e. The van der Waals surface area contributed by atoms with Crippen LogP contribution in [0.3, 0.4) is 0 Å². The molecule has 8 heteroatoms. The number of likely N-dealkylation sites (tertiary alicyclic amines) is 1. The fourth-order valence-corrected chi connectivity index (χ4v) is 3.54. The zero-order chi connectivity index (χ0) is 22.1. The Hall–Kier alpha value is -2.28. The number of ether oxygens (including phenoxy) is 1. The molecule has 0 bridgehead atoms. The van der Waals surface area contributed by atoms with Crippen LogP contribution in [-0.4, -0.2) is 54.6 Å². The Kier molecular flexibility index (Phi) is 8.96. The van der Waals surface area contributed by atoms with Crippen LogP contribution in [0.1, 0.15) is 45.6 Å². The molecule has 0 radical (unpaired) electrons. The van der Waals surface area contributed by atoms with Crippen LogP contribution in [0.4, 0.5) is 4.79 Å². The summed E-state index contributed by atoms with van der Waals surface area (Å²) in [5.74, 6) is -0.261. The van der Waals surface area contributed by atoms with Gasteiger partial charge in [0.1, 0.15) is 5.60 Å². The third-order valence-corrected chi connectivity index (χ3v) is 4.99. The number of rotatable bonds is 7. The minimum atomic E-state index is -0.557. The number of carbonyl (C=O) groups is 3. The number of alkyl carbamates (subject to hydrolysis) is 1. The lowest BCUT2D eigenvalue weighted by Crippen LogP contribution is -2.46. The zero-order valence-corrected chi connectivity index (χ0v) is 18.8. The summed E-state index contributed by atoms with van der Waals surface area (Å²) >= 11 is 5.99. The average molecular weight is 438 g/mol. The molecule has 0 spiro atoms. The first-order valence-corrected chi connectivity index (χ1v) is 10.8. The van der Waals surface area contributed by atoms with Gasteiger partial charge in [-0.15, -0.1) is 0 Å². The number of nitrogens with one attached hydrogen (secondary N) is 2. The highest BCUT2D eigenvalue weighted by atomic mass is 35.5. The molecule has 1 heterocycles. The van der Waals surface area contributed by atoms with Crippen LogP contribution >= 0.6 is 11.6 Å². The lowest BCUT2D eigenvalue weighted by Gasteiger charge is -2.32. The molecule has 1 saturated heterocycles. The quantitative estimate of drug-likeness (QED) is 0.641. The van der Waals surface area contributed by atoms with Crippen LogP contribution < -0.4 is 10.6 Å². The van der Waals surface area contributed by atoms with E-state index in [2.05, 4.69) is 10.6 Å². The molecule has 1 fully saturated rings. The van der Waals surface area contributed by atoms with E-state index in [4.69, 9.17) is 16.3 Å². The number of hydrogen-bond donors (Lipinski definition) is 2. The third-order valence-electron chi connectivity index (χ3n) is 4.75. The number of nitrogens with zero attached hydrogens (tertiary/aromatic N) is 1. The van der Waals surface area contributed by atoms with Crippen LogP contribution in [-0.2, 0) is 20.7 Å². The van der Waals surface area contributed by atoms with E-state index in [1.807, 2.05) is 24.3 Å². The molecule has 0 aliphatic carbocycles. The van der Waals surface area contributed by atoms with Gasteiger partial charge in [0.05, 0.1) is 5.92 Å². The second kappa shape index (κ2) is 11.2. The maximum absolute atomic E-state index is 12.6. The normalized spacial score (nSPS) is 16.7. The molecule has 1 aliphatic rings. The second-order valence-electron chi connectivity index (χ2n) is 8.53. The van der Waals surface area contributed by atoms with Gasteiger partial charge in [-0.2, -0.15) is 0 Å². The van der Waals surface area contributed by atoms with Crippen LogP contribution in [0.2, 0.25) is 5.02 Å². The summed E-state index contributed by atoms with van der Waals surface area (Å²) in [7, 11) is 0. The summed E-state index contributed by atoms with van der Waals surface area (Å²) < 4.78 is 5.15. The summed E-state index contributed by atoms with van der Waals surface area (Å²) in [6.07, 6.45) is 2.07. The number of halogens is 1. The summed E-state index contributed by atoms with van der Waals surface area (Å²) in [6, 6.07) is 7.51. The van der Waals surface area contributed by atoms with Gasteiger partial charge in [0.15, 0.2) is 0 Å². The van der Waals surface area contributed by atoms with Gasteiger partial charge in [-0.1, -0.05) is 23.7 Å². The first-order chi connectivity index (χ1) is 14.1. The van der Waals surface area contributed by atoms with Crippen LogP contribution in [0.5, 0.6) is 0 Å². The number of aryl methyl sites for hydroxylation is 1. The summed E-state index contributed by atoms with van der Waals surface area (Å²) in [6.45, 7) is 7.09. The van der Waals surface area contributed by atoms with E-state index in [9.17, 15) is 14.4 Å². The Morgan fingerprint density at radius 3 is 2.63 bits per heavy atom. The Bertz CT molecular complexity index is 748. The molecule has 1 aromatic rings. The van der Waals surface area contributed by atoms with E-state index in [0.717, 1.165) is 18.4 Å². The summed E-state index contributed by atoms with van der Waals surface area (Å²) in [5, 5.41) is 6.11. The van der Waals surface area contributed by atoms with Crippen LogP contribution in [0.25, 0.3) is 0 Å². The van der Waals surface area contributed by atoms with Crippen LogP contribution in [0, 0.1) is 5.92 Å². The lowest BCUT2D eigenvalue weighted by atomic mass is 9.96. The van der Waals surface area contributed by atoms with Gasteiger partial charge >= 0.3 is 6.09 Å². The fraction of sp³-hybridized carbons (Fsp3) is 0.591. The van der Waals surface area contributed by atoms with Gasteiger partial charge in [-0.05, 0) is 57.7 Å². The predicted molar refractivity (Wildman–Crippen MR) is 116 cm³/mol. The van der Waals surface area contributed by atoms with Crippen molar-refractivity contribution in [2.75, 3.05) is 26.2 Å². The molecule has 7 nitrogen and oxygen atoms in total. The molecule has 0 aromatic heterocycles. The topological polar surface area (TPSA) is 87.7 Å². The van der Waals surface area contributed by atoms with Gasteiger partial charge in [0, 0.05) is 37.6 Å². The number of piperidine rings is 1. The molecule has 0 saturated carbocycles. The predicted octanol–water partition coefficient (Wildman–Crippen LogP) is 3.15. The van der Waals surface area contributed by atoms with Crippen molar-refractivity contribution in [3.05, 3.63) is 34.9 Å². The maximum Gasteiger partial charge on any atom is 0.407 e. The molecular weight excluding hydrogens is 406 g/mol. The Balaban J connectivity index is 1.70. The largest absolute Gasteiger partial charge is 0.444 e. The van der Waals surface area contributed by atoms with E-state index in [1.54, 1.807) is 25.7 Å². The first-order valence-electron chi connectivity index (χ1n) is 10.4. The average Bonchev–Trinajstić information content (AvgIpc) is 2.68. The Morgan fingerprint density at radius 2 is 1.93 bits per heavy atom. The molecule has 2 rings (SSSR count). The van der Waals surface area contributed by atoms with Crippen molar-refractivity contribution in [2.24, 2.45) is 5.92 Å². The van der Waals surface area contributed by atoms with Gasteiger partial charge in [-0.25, -0.2) is 4.79 Å². The van der Waals surface area contributed by atoms with Crippen molar-refractivity contribution < 1.29 is 19.1 Å². The van der Waals surface area contributed by atoms with Crippen molar-refractivity contribution in [3.8, 4) is 0 Å². The number of amides is 3. The zero-order valence-electron chi connectivity index (χ0n) is 18.0. The molecule has 1 atom stereocenters. The Morgan fingerprint density at radius 1 is 1.20 bits per heavy atom. The monoisotopic (exact) mass is 437 g/mol. The highest BCUT2D eigenvalue weighted by molar-refractivity contribution is 6.30. The molecule has 30 heavy (non-hydrogen) atoms. The first kappa shape index (κ1) is 24.0. The highest BCUT2D eigenvalue weighted by Crippen LogP contribution is 2.19. The number of carbonyl (C=O) groups excluding carboxylic acids is 3. The molecule has 1 aliphatic heterocycles. The molecular formula is C22H32ClN3O4. The lowest BCUT2D eigenvalue weighted by molar-refractivity contribution is -0.135. The van der Waals surface area contributed by atoms with E-state index >= 15 is 0 Å². The standard InChI is InChI=1S/C22H32ClN3O4/c1-22(2,3)30-21(29)25-12-11-24-20(28)17-7-5-13-26(15-17)19(27)10-9-16-6-4-8-18(23)14-16/h4,6,8,14,17H,5,7,9-13,15H2,1-3H3,(H,24,28)(H,25,29). The van der Waals surface area contributed by atoms with E-state index in [-0.39, 0.29) is 24.3 Å². The van der Waals surface area contributed by atoms with E-state index in [0.29, 0.717) is 37.5 Å². The maximum atomic E-state index is 12.6. The second-order valence-corrected chi connectivity index (χ2v) is 8.96. The SMILES string of the molecule is CC(C)(C)OC(=O)NCCNC(=O)C1CCCN(C(=O)CCc2cccc(Cl)c2)C1. The van der Waals surface area contributed by atoms with Crippen molar-refractivity contribution in [1.29, 1.82) is 0 Å². The van der Waals surface area contributed by atoms with Gasteiger partial charge in [0.2, 0.25) is 11.8 Å². The molecule has 166 valence electrons. The molecule has 3 amide bonds. The molecule has 1 aromatic carbocycles. The molecule has 1 unspecified atom stereocenters. The summed E-state index contributed by atoms with van der Waals surface area (Å²) in [4.78, 5) is 38.4. The van der Waals surface area contributed by atoms with E-state index in [1.165, 1.54) is 0 Å². The van der Waals surface area contributed by atoms with Crippen molar-refractivity contribution in [1.82, 2.24) is 15.5 Å². The highest BCUT2D eigenvalue weighted by Gasteiger charge is 2.28. The van der Waals surface area contributed by atoms with Gasteiger partial charge < -0.3 is 20.3 Å². The van der Waals surface area contributed by atoms with E-state index < -0.39 is 11.7 Å². The summed E-state index contributed by atoms with van der Waals surface area (Å²) in [5.41, 5.74) is 0.470. The van der Waals surface area contributed by atoms with Crippen LogP contribution in [0.15, 0.2) is 24.3 Å².